The smallest absolute Gasteiger partial charge is 0.270 e. The zero-order valence-corrected chi connectivity index (χ0v) is 10.8. The van der Waals surface area contributed by atoms with Crippen LogP contribution in [-0.4, -0.2) is 27.4 Å². The van der Waals surface area contributed by atoms with Crippen LogP contribution in [0.2, 0.25) is 0 Å². The molecule has 0 aromatic carbocycles. The molecule has 1 unspecified atom stereocenters. The van der Waals surface area contributed by atoms with Crippen LogP contribution in [0.3, 0.4) is 0 Å². The molecule has 0 aliphatic heterocycles. The van der Waals surface area contributed by atoms with Gasteiger partial charge in [0, 0.05) is 23.7 Å². The monoisotopic (exact) mass is 266 g/mol. The Hall–Kier alpha value is -1.73. The molecule has 0 saturated carbocycles. The first-order chi connectivity index (χ1) is 8.65. The van der Waals surface area contributed by atoms with Crippen molar-refractivity contribution in [2.75, 3.05) is 6.61 Å². The molecule has 0 spiro atoms. The van der Waals surface area contributed by atoms with Crippen molar-refractivity contribution in [3.63, 3.8) is 0 Å². The summed E-state index contributed by atoms with van der Waals surface area (Å²) >= 11 is 1.49. The summed E-state index contributed by atoms with van der Waals surface area (Å²) in [7, 11) is 0. The average Bonchev–Trinajstić information content (AvgIpc) is 2.82. The summed E-state index contributed by atoms with van der Waals surface area (Å²) in [6.07, 6.45) is 3.21. The van der Waals surface area contributed by atoms with E-state index in [4.69, 9.17) is 10.5 Å². The fourth-order valence-corrected chi connectivity index (χ4v) is 1.90. The van der Waals surface area contributed by atoms with Crippen molar-refractivity contribution in [2.45, 2.75) is 19.5 Å². The van der Waals surface area contributed by atoms with Crippen molar-refractivity contribution in [3.8, 4) is 5.75 Å². The summed E-state index contributed by atoms with van der Waals surface area (Å²) in [5.74, 6) is 0.438. The number of nitrogens with two attached hydrogens (primary N) is 1. The summed E-state index contributed by atoms with van der Waals surface area (Å²) in [5, 5.41) is 6.74. The Labute approximate surface area is 108 Å². The molecule has 2 rings (SSSR count). The third kappa shape index (κ3) is 3.38. The van der Waals surface area contributed by atoms with E-state index in [1.54, 1.807) is 6.20 Å². The molecule has 2 N–H and O–H groups in total. The van der Waals surface area contributed by atoms with Gasteiger partial charge in [0.25, 0.3) is 5.56 Å². The first-order valence-corrected chi connectivity index (χ1v) is 6.37. The van der Waals surface area contributed by atoms with Gasteiger partial charge in [0.05, 0.1) is 12.7 Å². The average molecular weight is 266 g/mol. The van der Waals surface area contributed by atoms with Gasteiger partial charge in [-0.05, 0) is 6.92 Å². The van der Waals surface area contributed by atoms with Crippen LogP contribution in [-0.2, 0) is 6.54 Å². The Kier molecular flexibility index (Phi) is 4.06. The Bertz CT molecular complexity index is 550. The Morgan fingerprint density at radius 2 is 2.44 bits per heavy atom. The highest BCUT2D eigenvalue weighted by Crippen LogP contribution is 2.07. The number of aromatic nitrogens is 3. The number of nitrogens with zero attached hydrogens (tertiary/aromatic N) is 3. The van der Waals surface area contributed by atoms with E-state index in [1.807, 2.05) is 12.3 Å². The van der Waals surface area contributed by atoms with Crippen LogP contribution in [0.1, 0.15) is 11.9 Å². The highest BCUT2D eigenvalue weighted by molar-refractivity contribution is 7.09. The maximum absolute atomic E-state index is 11.8. The summed E-state index contributed by atoms with van der Waals surface area (Å²) in [4.78, 5) is 15.9. The Morgan fingerprint density at radius 1 is 1.61 bits per heavy atom. The van der Waals surface area contributed by atoms with E-state index >= 15 is 0 Å². The van der Waals surface area contributed by atoms with Gasteiger partial charge in [-0.15, -0.1) is 11.3 Å². The molecule has 6 nitrogen and oxygen atoms in total. The van der Waals surface area contributed by atoms with E-state index < -0.39 is 0 Å². The van der Waals surface area contributed by atoms with Gasteiger partial charge in [-0.3, -0.25) is 4.79 Å². The van der Waals surface area contributed by atoms with E-state index in [0.29, 0.717) is 18.9 Å². The zero-order valence-electron chi connectivity index (χ0n) is 9.94. The fraction of sp³-hybridized carbons (Fsp3) is 0.364. The fourth-order valence-electron chi connectivity index (χ4n) is 1.30. The van der Waals surface area contributed by atoms with Crippen LogP contribution >= 0.6 is 11.3 Å². The lowest BCUT2D eigenvalue weighted by Gasteiger charge is -2.08. The number of rotatable bonds is 5. The van der Waals surface area contributed by atoms with Gasteiger partial charge in [-0.1, -0.05) is 0 Å². The minimum atomic E-state index is -0.215. The summed E-state index contributed by atoms with van der Waals surface area (Å²) < 4.78 is 6.67. The summed E-state index contributed by atoms with van der Waals surface area (Å²) in [6.45, 7) is 2.57. The maximum atomic E-state index is 11.8. The van der Waals surface area contributed by atoms with Gasteiger partial charge in [-0.25, -0.2) is 9.67 Å². The summed E-state index contributed by atoms with van der Waals surface area (Å²) in [5.41, 5.74) is 5.35. The van der Waals surface area contributed by atoms with Crippen LogP contribution in [0.4, 0.5) is 0 Å². The van der Waals surface area contributed by atoms with Crippen molar-refractivity contribution in [3.05, 3.63) is 39.2 Å². The minimum absolute atomic E-state index is 0.0808. The predicted molar refractivity (Wildman–Crippen MR) is 68.9 cm³/mol. The largest absolute Gasteiger partial charge is 0.490 e. The van der Waals surface area contributed by atoms with Crippen molar-refractivity contribution < 1.29 is 4.74 Å². The normalized spacial score (nSPS) is 12.3. The molecule has 7 heteroatoms. The SMILES string of the molecule is CC(N)COc1cnn(Cc2nccs2)c(=O)c1. The molecule has 18 heavy (non-hydrogen) atoms. The lowest BCUT2D eigenvalue weighted by atomic mass is 10.4. The molecule has 0 bridgehead atoms. The molecule has 0 saturated heterocycles. The molecule has 0 fully saturated rings. The molecular formula is C11H14N4O2S. The molecular weight excluding hydrogens is 252 g/mol. The second kappa shape index (κ2) is 5.74. The van der Waals surface area contributed by atoms with Crippen LogP contribution in [0.25, 0.3) is 0 Å². The second-order valence-electron chi connectivity index (χ2n) is 3.90. The third-order valence-corrected chi connectivity index (χ3v) is 2.89. The van der Waals surface area contributed by atoms with Crippen LogP contribution in [0.15, 0.2) is 28.6 Å². The topological polar surface area (TPSA) is 83.0 Å². The van der Waals surface area contributed by atoms with E-state index in [0.717, 1.165) is 5.01 Å². The standard InChI is InChI=1S/C11H14N4O2S/c1-8(12)7-17-9-4-11(16)15(14-5-9)6-10-13-2-3-18-10/h2-5,8H,6-7,12H2,1H3. The first kappa shape index (κ1) is 12.7. The molecule has 2 heterocycles. The van der Waals surface area contributed by atoms with Crippen molar-refractivity contribution in [1.29, 1.82) is 0 Å². The number of hydrogen-bond donors (Lipinski definition) is 1. The lowest BCUT2D eigenvalue weighted by molar-refractivity contribution is 0.293. The van der Waals surface area contributed by atoms with Crippen LogP contribution < -0.4 is 16.0 Å². The van der Waals surface area contributed by atoms with E-state index in [9.17, 15) is 4.79 Å². The quantitative estimate of drug-likeness (QED) is 0.850. The molecule has 0 aliphatic rings. The molecule has 2 aromatic rings. The minimum Gasteiger partial charge on any atom is -0.490 e. The summed E-state index contributed by atoms with van der Waals surface area (Å²) in [6, 6.07) is 1.32. The van der Waals surface area contributed by atoms with E-state index in [1.165, 1.54) is 28.3 Å². The van der Waals surface area contributed by atoms with Crippen molar-refractivity contribution in [1.82, 2.24) is 14.8 Å². The maximum Gasteiger partial charge on any atom is 0.270 e. The van der Waals surface area contributed by atoms with Crippen molar-refractivity contribution >= 4 is 11.3 Å². The third-order valence-electron chi connectivity index (χ3n) is 2.13. The van der Waals surface area contributed by atoms with Gasteiger partial charge < -0.3 is 10.5 Å². The Morgan fingerprint density at radius 3 is 3.06 bits per heavy atom. The highest BCUT2D eigenvalue weighted by atomic mass is 32.1. The van der Waals surface area contributed by atoms with E-state index in [2.05, 4.69) is 10.1 Å². The first-order valence-electron chi connectivity index (χ1n) is 5.49. The second-order valence-corrected chi connectivity index (χ2v) is 4.88. The van der Waals surface area contributed by atoms with Crippen molar-refractivity contribution in [2.24, 2.45) is 5.73 Å². The number of thiazole rings is 1. The van der Waals surface area contributed by atoms with Crippen LogP contribution in [0, 0.1) is 0 Å². The highest BCUT2D eigenvalue weighted by Gasteiger charge is 2.04. The molecule has 2 aromatic heterocycles. The molecule has 0 aliphatic carbocycles. The van der Waals surface area contributed by atoms with Gasteiger partial charge in [-0.2, -0.15) is 5.10 Å². The molecule has 0 amide bonds. The zero-order chi connectivity index (χ0) is 13.0. The molecule has 0 radical (unpaired) electrons. The predicted octanol–water partition coefficient (Wildman–Crippen LogP) is 0.474. The molecule has 96 valence electrons. The van der Waals surface area contributed by atoms with Crippen LogP contribution in [0.5, 0.6) is 5.75 Å². The van der Waals surface area contributed by atoms with Gasteiger partial charge in [0.2, 0.25) is 0 Å². The van der Waals surface area contributed by atoms with Gasteiger partial charge in [0.15, 0.2) is 0 Å². The Balaban J connectivity index is 2.08. The molecule has 1 atom stereocenters. The lowest BCUT2D eigenvalue weighted by Crippen LogP contribution is -2.26. The van der Waals surface area contributed by atoms with Gasteiger partial charge in [0.1, 0.15) is 17.4 Å². The van der Waals surface area contributed by atoms with E-state index in [-0.39, 0.29) is 11.6 Å². The number of hydrogen-bond acceptors (Lipinski definition) is 6. The number of ether oxygens (including phenoxy) is 1. The van der Waals surface area contributed by atoms with Gasteiger partial charge >= 0.3 is 0 Å².